The van der Waals surface area contributed by atoms with Crippen molar-refractivity contribution in [2.24, 2.45) is 4.99 Å². The third kappa shape index (κ3) is 4.42. The third-order valence-electron chi connectivity index (χ3n) is 5.97. The van der Waals surface area contributed by atoms with Crippen LogP contribution in [0, 0.1) is 15.9 Å². The summed E-state index contributed by atoms with van der Waals surface area (Å²) in [7, 11) is 0.341. The van der Waals surface area contributed by atoms with E-state index in [1.165, 1.54) is 21.3 Å². The van der Waals surface area contributed by atoms with Gasteiger partial charge >= 0.3 is 0 Å². The van der Waals surface area contributed by atoms with Crippen LogP contribution in [0.1, 0.15) is 24.8 Å². The highest BCUT2D eigenvalue weighted by Crippen LogP contribution is 2.46. The maximum absolute atomic E-state index is 15.0. The number of non-ortho nitro benzene ring substituents is 1. The Balaban J connectivity index is 2.10. The maximum Gasteiger partial charge on any atom is 0.269 e. The lowest BCUT2D eigenvalue weighted by atomic mass is 9.74. The minimum Gasteiger partial charge on any atom is -0.382 e. The molecule has 1 aromatic carbocycles. The van der Waals surface area contributed by atoms with Gasteiger partial charge in [0.15, 0.2) is 0 Å². The number of ether oxygens (including phenoxy) is 3. The summed E-state index contributed by atoms with van der Waals surface area (Å²) in [5.41, 5.74) is -1.87. The van der Waals surface area contributed by atoms with E-state index >= 15 is 4.39 Å². The highest BCUT2D eigenvalue weighted by Gasteiger charge is 2.58. The van der Waals surface area contributed by atoms with Gasteiger partial charge in [-0.2, -0.15) is 0 Å². The van der Waals surface area contributed by atoms with Crippen molar-refractivity contribution >= 4 is 21.7 Å². The molecule has 178 valence electrons. The van der Waals surface area contributed by atoms with Gasteiger partial charge in [0.05, 0.1) is 29.8 Å². The maximum atomic E-state index is 15.0. The molecule has 1 aliphatic carbocycles. The molecule has 1 heterocycles. The van der Waals surface area contributed by atoms with E-state index in [4.69, 9.17) is 14.2 Å². The summed E-state index contributed by atoms with van der Waals surface area (Å²) in [5, 5.41) is 13.3. The summed E-state index contributed by atoms with van der Waals surface area (Å²) >= 11 is 0. The number of nitrogens with zero attached hydrogens (tertiary/aromatic N) is 3. The number of halogens is 1. The molecule has 3 rings (SSSR count). The van der Waals surface area contributed by atoms with Gasteiger partial charge in [-0.25, -0.2) is 22.1 Å². The molecule has 2 fully saturated rings. The molecule has 0 bridgehead atoms. The summed E-state index contributed by atoms with van der Waals surface area (Å²) in [5.74, 6) is -0.764. The molecule has 1 saturated carbocycles. The summed E-state index contributed by atoms with van der Waals surface area (Å²) in [4.78, 5) is 14.9. The van der Waals surface area contributed by atoms with Gasteiger partial charge in [-0.15, -0.1) is 0 Å². The number of nitro groups is 1. The first-order valence-corrected chi connectivity index (χ1v) is 11.5. The molecule has 1 saturated heterocycles. The average molecular weight is 475 g/mol. The smallest absolute Gasteiger partial charge is 0.269 e. The number of aliphatic imine (C=N–C) groups is 1. The lowest BCUT2D eigenvalue weighted by molar-refractivity contribution is -0.385. The zero-order valence-electron chi connectivity index (χ0n) is 18.1. The second-order valence-corrected chi connectivity index (χ2v) is 9.81. The number of hydrogen-bond donors (Lipinski definition) is 1. The van der Waals surface area contributed by atoms with Crippen LogP contribution in [0.3, 0.4) is 0 Å². The zero-order valence-corrected chi connectivity index (χ0v) is 18.9. The minimum atomic E-state index is -4.02. The first kappa shape index (κ1) is 24.3. The van der Waals surface area contributed by atoms with Gasteiger partial charge in [-0.05, 0) is 25.3 Å². The number of benzene rings is 1. The van der Waals surface area contributed by atoms with E-state index in [9.17, 15) is 18.5 Å². The SMILES string of the molecule is COCCOC/N=C1/NC2(c3cc([N+](=O)[O-])ccc3F)CCC(OC)CC2S(=O)(=O)N1C. The van der Waals surface area contributed by atoms with Crippen molar-refractivity contribution in [1.29, 1.82) is 0 Å². The van der Waals surface area contributed by atoms with E-state index in [2.05, 4.69) is 10.3 Å². The quantitative estimate of drug-likeness (QED) is 0.339. The Morgan fingerprint density at radius 2 is 2.12 bits per heavy atom. The minimum absolute atomic E-state index is 0.0274. The van der Waals surface area contributed by atoms with Crippen LogP contribution in [-0.2, 0) is 29.8 Å². The van der Waals surface area contributed by atoms with Crippen molar-refractivity contribution in [1.82, 2.24) is 9.62 Å². The van der Waals surface area contributed by atoms with Gasteiger partial charge < -0.3 is 19.5 Å². The van der Waals surface area contributed by atoms with Gasteiger partial charge in [0, 0.05) is 39.0 Å². The lowest BCUT2D eigenvalue weighted by Gasteiger charge is -2.52. The second kappa shape index (κ2) is 9.65. The molecule has 0 radical (unpaired) electrons. The number of hydrogen-bond acceptors (Lipinski definition) is 8. The topological polar surface area (TPSA) is 133 Å². The normalized spacial score (nSPS) is 28.2. The monoisotopic (exact) mass is 474 g/mol. The predicted molar refractivity (Wildman–Crippen MR) is 113 cm³/mol. The van der Waals surface area contributed by atoms with E-state index in [1.54, 1.807) is 0 Å². The summed E-state index contributed by atoms with van der Waals surface area (Å²) in [6, 6.07) is 3.13. The van der Waals surface area contributed by atoms with Gasteiger partial charge in [0.1, 0.15) is 17.8 Å². The molecule has 0 amide bonds. The van der Waals surface area contributed by atoms with Crippen LogP contribution in [0.5, 0.6) is 0 Å². The average Bonchev–Trinajstić information content (AvgIpc) is 2.77. The molecule has 1 N–H and O–H groups in total. The van der Waals surface area contributed by atoms with Crippen LogP contribution in [0.25, 0.3) is 0 Å². The van der Waals surface area contributed by atoms with Crippen LogP contribution in [0.2, 0.25) is 0 Å². The zero-order chi connectivity index (χ0) is 23.5. The molecule has 3 atom stereocenters. The van der Waals surface area contributed by atoms with Crippen molar-refractivity contribution in [3.8, 4) is 0 Å². The number of sulfonamides is 1. The molecule has 13 heteroatoms. The Morgan fingerprint density at radius 3 is 2.78 bits per heavy atom. The Bertz CT molecular complexity index is 990. The van der Waals surface area contributed by atoms with Gasteiger partial charge in [-0.1, -0.05) is 0 Å². The number of nitro benzene ring substituents is 1. The Hall–Kier alpha value is -2.35. The molecule has 0 aromatic heterocycles. The summed E-state index contributed by atoms with van der Waals surface area (Å²) in [6.07, 6.45) is 0.343. The molecule has 11 nitrogen and oxygen atoms in total. The van der Waals surface area contributed by atoms with Crippen LogP contribution < -0.4 is 5.32 Å². The van der Waals surface area contributed by atoms with Crippen molar-refractivity contribution in [2.45, 2.75) is 36.2 Å². The molecule has 1 aliphatic heterocycles. The fourth-order valence-electron chi connectivity index (χ4n) is 4.23. The molecule has 1 aromatic rings. The Morgan fingerprint density at radius 1 is 1.38 bits per heavy atom. The van der Waals surface area contributed by atoms with Gasteiger partial charge in [-0.3, -0.25) is 10.1 Å². The lowest BCUT2D eigenvalue weighted by Crippen LogP contribution is -2.69. The van der Waals surface area contributed by atoms with E-state index in [0.29, 0.717) is 13.0 Å². The predicted octanol–water partition coefficient (Wildman–Crippen LogP) is 1.34. The number of nitrogens with one attached hydrogen (secondary N) is 1. The molecule has 32 heavy (non-hydrogen) atoms. The molecule has 3 unspecified atom stereocenters. The van der Waals surface area contributed by atoms with Crippen LogP contribution in [-0.4, -0.2) is 76.2 Å². The van der Waals surface area contributed by atoms with E-state index < -0.39 is 31.6 Å². The van der Waals surface area contributed by atoms with Crippen molar-refractivity contribution in [2.75, 3.05) is 41.2 Å². The van der Waals surface area contributed by atoms with Crippen LogP contribution in [0.4, 0.5) is 10.1 Å². The van der Waals surface area contributed by atoms with Crippen LogP contribution in [0.15, 0.2) is 23.2 Å². The summed E-state index contributed by atoms with van der Waals surface area (Å²) < 4.78 is 58.7. The fraction of sp³-hybridized carbons (Fsp3) is 0.632. The van der Waals surface area contributed by atoms with Crippen molar-refractivity contribution in [3.05, 3.63) is 39.7 Å². The largest absolute Gasteiger partial charge is 0.382 e. The molecular formula is C19H27FN4O7S. The highest BCUT2D eigenvalue weighted by molar-refractivity contribution is 7.90. The first-order chi connectivity index (χ1) is 15.2. The Labute approximate surface area is 185 Å². The fourth-order valence-corrected chi connectivity index (χ4v) is 6.22. The van der Waals surface area contributed by atoms with Crippen molar-refractivity contribution in [3.63, 3.8) is 0 Å². The number of fused-ring (bicyclic) bond motifs is 1. The molecule has 0 spiro atoms. The standard InChI is InChI=1S/C19H27FN4O7S/c1-23-18(21-12-31-9-8-29-2)22-19(15-10-13(24(25)26)4-5-16(15)20)7-6-14(30-3)11-17(19)32(23,27)28/h4-5,10,14,17H,6-9,11-12H2,1-3H3,(H,21,22). The van der Waals surface area contributed by atoms with Gasteiger partial charge in [0.25, 0.3) is 5.69 Å². The molecule has 2 aliphatic rings. The van der Waals surface area contributed by atoms with E-state index in [1.807, 2.05) is 0 Å². The van der Waals surface area contributed by atoms with Crippen molar-refractivity contribution < 1.29 is 31.9 Å². The first-order valence-electron chi connectivity index (χ1n) is 10.0. The Kier molecular flexibility index (Phi) is 7.32. The number of rotatable bonds is 8. The highest BCUT2D eigenvalue weighted by atomic mass is 32.2. The number of methoxy groups -OCH3 is 2. The molecular weight excluding hydrogens is 447 g/mol. The van der Waals surface area contributed by atoms with Crippen LogP contribution >= 0.6 is 0 Å². The van der Waals surface area contributed by atoms with E-state index in [-0.39, 0.29) is 49.5 Å². The second-order valence-electron chi connectivity index (χ2n) is 7.66. The summed E-state index contributed by atoms with van der Waals surface area (Å²) in [6.45, 7) is 0.451. The third-order valence-corrected chi connectivity index (χ3v) is 8.22. The van der Waals surface area contributed by atoms with Gasteiger partial charge in [0.2, 0.25) is 16.0 Å². The van der Waals surface area contributed by atoms with E-state index in [0.717, 1.165) is 22.5 Å². The number of guanidine groups is 1.